The first-order chi connectivity index (χ1) is 27.3. The third kappa shape index (κ3) is 11.5. The normalized spacial score (nSPS) is 18.7. The van der Waals surface area contributed by atoms with Gasteiger partial charge in [-0.05, 0) is 130 Å². The van der Waals surface area contributed by atoms with Crippen molar-refractivity contribution in [2.45, 2.75) is 90.3 Å². The Bertz CT molecular complexity index is 2040. The molecule has 2 aliphatic rings. The number of hydrogen-bond acceptors (Lipinski definition) is 9. The van der Waals surface area contributed by atoms with Crippen LogP contribution in [0.2, 0.25) is 0 Å². The van der Waals surface area contributed by atoms with Crippen LogP contribution in [-0.2, 0) is 25.5 Å². The van der Waals surface area contributed by atoms with E-state index in [9.17, 15) is 24.0 Å². The summed E-state index contributed by atoms with van der Waals surface area (Å²) < 4.78 is 5.36. The second kappa shape index (κ2) is 18.2. The van der Waals surface area contributed by atoms with Crippen LogP contribution in [0.3, 0.4) is 0 Å². The van der Waals surface area contributed by atoms with Gasteiger partial charge < -0.3 is 31.3 Å². The topological polar surface area (TPSA) is 209 Å². The summed E-state index contributed by atoms with van der Waals surface area (Å²) in [5.74, 6) is -0.451. The van der Waals surface area contributed by atoms with Crippen LogP contribution >= 0.6 is 0 Å². The Hall–Kier alpha value is -6.12. The van der Waals surface area contributed by atoms with Gasteiger partial charge in [0, 0.05) is 54.7 Å². The van der Waals surface area contributed by atoms with E-state index in [-0.39, 0.29) is 54.3 Å². The minimum atomic E-state index is -0.873. The van der Waals surface area contributed by atoms with E-state index < -0.39 is 17.7 Å². The Morgan fingerprint density at radius 1 is 0.912 bits per heavy atom. The molecule has 1 saturated carbocycles. The molecule has 2 unspecified atom stereocenters. The van der Waals surface area contributed by atoms with Gasteiger partial charge in [0.15, 0.2) is 0 Å². The zero-order valence-electron chi connectivity index (χ0n) is 32.8. The molecule has 6 N–H and O–H groups in total. The maximum absolute atomic E-state index is 13.9. The number of tetrazole rings is 1. The van der Waals surface area contributed by atoms with Gasteiger partial charge in [0.25, 0.3) is 5.91 Å². The monoisotopic (exact) mass is 777 g/mol. The third-order valence-corrected chi connectivity index (χ3v) is 10.3. The Morgan fingerprint density at radius 2 is 1.63 bits per heavy atom. The second-order valence-electron chi connectivity index (χ2n) is 15.9. The Morgan fingerprint density at radius 3 is 2.30 bits per heavy atom. The van der Waals surface area contributed by atoms with Gasteiger partial charge in [0.1, 0.15) is 11.6 Å². The fraction of sp³-hybridized carbons (Fsp3) is 0.429. The first-order valence-corrected chi connectivity index (χ1v) is 19.5. The Balaban J connectivity index is 1.12. The average Bonchev–Trinajstić information content (AvgIpc) is 3.73. The molecule has 6 rings (SSSR count). The number of anilines is 1. The van der Waals surface area contributed by atoms with Crippen molar-refractivity contribution in [1.29, 1.82) is 0 Å². The minimum Gasteiger partial charge on any atom is -0.444 e. The second-order valence-corrected chi connectivity index (χ2v) is 15.9. The van der Waals surface area contributed by atoms with Gasteiger partial charge >= 0.3 is 6.09 Å². The minimum absolute atomic E-state index is 0.0696. The van der Waals surface area contributed by atoms with E-state index in [0.29, 0.717) is 49.4 Å². The number of carbonyl (C=O) groups is 5. The number of piperidine rings is 1. The fourth-order valence-electron chi connectivity index (χ4n) is 7.19. The van der Waals surface area contributed by atoms with Crippen LogP contribution in [-0.4, -0.2) is 81.1 Å². The van der Waals surface area contributed by atoms with Gasteiger partial charge in [-0.3, -0.25) is 19.2 Å². The van der Waals surface area contributed by atoms with Gasteiger partial charge in [0.2, 0.25) is 23.5 Å². The number of aryl methyl sites for hydroxylation is 1. The van der Waals surface area contributed by atoms with Crippen molar-refractivity contribution in [2.24, 2.45) is 11.8 Å². The quantitative estimate of drug-likeness (QED) is 0.116. The van der Waals surface area contributed by atoms with Gasteiger partial charge in [0.05, 0.1) is 0 Å². The van der Waals surface area contributed by atoms with Crippen LogP contribution < -0.4 is 26.6 Å². The van der Waals surface area contributed by atoms with Crippen LogP contribution in [0, 0.1) is 18.8 Å². The lowest BCUT2D eigenvalue weighted by molar-refractivity contribution is -0.130. The molecule has 2 heterocycles. The largest absolute Gasteiger partial charge is 0.444 e. The van der Waals surface area contributed by atoms with Gasteiger partial charge in [-0.1, -0.05) is 30.3 Å². The summed E-state index contributed by atoms with van der Waals surface area (Å²) in [5.41, 5.74) is 4.81. The van der Waals surface area contributed by atoms with E-state index in [1.165, 1.54) is 0 Å². The molecule has 3 aromatic carbocycles. The number of nitrogens with zero attached hydrogens (tertiary/aromatic N) is 3. The summed E-state index contributed by atoms with van der Waals surface area (Å²) in [5, 5.41) is 28.6. The zero-order chi connectivity index (χ0) is 40.5. The lowest BCUT2D eigenvalue weighted by Gasteiger charge is -2.29. The smallest absolute Gasteiger partial charge is 0.407 e. The van der Waals surface area contributed by atoms with Crippen molar-refractivity contribution in [2.75, 3.05) is 18.4 Å². The van der Waals surface area contributed by atoms with Crippen LogP contribution in [0.25, 0.3) is 22.5 Å². The molecular formula is C42H51N9O6. The van der Waals surface area contributed by atoms with Crippen molar-refractivity contribution >= 4 is 35.4 Å². The Kier molecular flexibility index (Phi) is 13.0. The molecule has 300 valence electrons. The number of carbonyl (C=O) groups excluding carboxylic acids is 5. The number of rotatable bonds is 12. The highest BCUT2D eigenvalue weighted by Crippen LogP contribution is 2.30. The molecule has 5 amide bonds. The van der Waals surface area contributed by atoms with Crippen LogP contribution in [0.15, 0.2) is 66.7 Å². The first kappa shape index (κ1) is 40.5. The number of H-pyrrole nitrogens is 1. The first-order valence-electron chi connectivity index (χ1n) is 19.5. The molecule has 15 heteroatoms. The molecule has 15 nitrogen and oxygen atoms in total. The number of hydrogen-bond donors (Lipinski definition) is 6. The van der Waals surface area contributed by atoms with E-state index in [1.807, 2.05) is 64.1 Å². The van der Waals surface area contributed by atoms with Gasteiger partial charge in [-0.2, -0.15) is 5.21 Å². The summed E-state index contributed by atoms with van der Waals surface area (Å²) in [6.07, 6.45) is 3.53. The van der Waals surface area contributed by atoms with Crippen molar-refractivity contribution in [1.82, 2.24) is 41.9 Å². The number of nitrogens with one attached hydrogen (secondary N) is 6. The van der Waals surface area contributed by atoms with E-state index in [4.69, 9.17) is 4.74 Å². The summed E-state index contributed by atoms with van der Waals surface area (Å²) >= 11 is 0. The van der Waals surface area contributed by atoms with Crippen LogP contribution in [0.4, 0.5) is 10.5 Å². The summed E-state index contributed by atoms with van der Waals surface area (Å²) in [7, 11) is 0. The summed E-state index contributed by atoms with van der Waals surface area (Å²) in [6.45, 7) is 8.45. The number of benzene rings is 3. The van der Waals surface area contributed by atoms with Crippen molar-refractivity contribution in [3.05, 3.63) is 83.4 Å². The SMILES string of the molecule is Cc1ccc(C(=O)NC2CCNC(=O)C2)cc1-c1ccc(CC(NC(=O)C2CCC(CNC(=O)OC(C)(C)C)CC2)C(=O)Nc2ccc(-c3nn[nH]n3)cc2)cc1. The lowest BCUT2D eigenvalue weighted by Crippen LogP contribution is -2.48. The van der Waals surface area contributed by atoms with Gasteiger partial charge in [-0.15, -0.1) is 10.2 Å². The lowest BCUT2D eigenvalue weighted by atomic mass is 9.81. The number of amides is 5. The number of ether oxygens (including phenoxy) is 1. The van der Waals surface area contributed by atoms with Crippen molar-refractivity contribution in [3.8, 4) is 22.5 Å². The molecule has 1 aromatic heterocycles. The number of aromatic amines is 1. The molecular weight excluding hydrogens is 727 g/mol. The van der Waals surface area contributed by atoms with Crippen molar-refractivity contribution < 1.29 is 28.7 Å². The molecule has 1 aliphatic carbocycles. The average molecular weight is 778 g/mol. The van der Waals surface area contributed by atoms with E-state index >= 15 is 0 Å². The molecule has 0 radical (unpaired) electrons. The summed E-state index contributed by atoms with van der Waals surface area (Å²) in [6, 6.07) is 19.2. The third-order valence-electron chi connectivity index (χ3n) is 10.3. The number of alkyl carbamates (subject to hydrolysis) is 1. The molecule has 1 aliphatic heterocycles. The molecule has 4 aromatic rings. The maximum atomic E-state index is 13.9. The standard InChI is InChI=1S/C42H51N9O6/c1-25-5-10-31(39(54)46-33-19-20-43-36(52)23-33)22-34(25)28-11-6-26(7-12-28)21-35(40(55)45-32-17-15-29(16-18-32)37-48-50-51-49-37)47-38(53)30-13-8-27(9-14-30)24-44-41(56)57-42(2,3)4/h5-7,10-12,15-18,22,27,30,33,35H,8-9,13-14,19-21,23-24H2,1-4H3,(H,43,52)(H,44,56)(H,45,55)(H,46,54)(H,47,53)(H,48,49,50,51). The molecule has 0 spiro atoms. The number of aromatic nitrogens is 4. The predicted molar refractivity (Wildman–Crippen MR) is 214 cm³/mol. The highest BCUT2D eigenvalue weighted by Gasteiger charge is 2.30. The molecule has 2 fully saturated rings. The molecule has 2 atom stereocenters. The highest BCUT2D eigenvalue weighted by atomic mass is 16.6. The molecule has 57 heavy (non-hydrogen) atoms. The van der Waals surface area contributed by atoms with Crippen LogP contribution in [0.1, 0.15) is 80.8 Å². The Labute approximate surface area is 331 Å². The van der Waals surface area contributed by atoms with Gasteiger partial charge in [-0.25, -0.2) is 4.79 Å². The summed E-state index contributed by atoms with van der Waals surface area (Å²) in [4.78, 5) is 64.7. The van der Waals surface area contributed by atoms with E-state index in [2.05, 4.69) is 47.2 Å². The predicted octanol–water partition coefficient (Wildman–Crippen LogP) is 4.85. The molecule has 0 bridgehead atoms. The fourth-order valence-corrected chi connectivity index (χ4v) is 7.19. The van der Waals surface area contributed by atoms with Crippen LogP contribution in [0.5, 0.6) is 0 Å². The maximum Gasteiger partial charge on any atom is 0.407 e. The highest BCUT2D eigenvalue weighted by molar-refractivity contribution is 5.98. The van der Waals surface area contributed by atoms with E-state index in [1.54, 1.807) is 30.3 Å². The molecule has 1 saturated heterocycles. The van der Waals surface area contributed by atoms with Crippen molar-refractivity contribution in [3.63, 3.8) is 0 Å². The zero-order valence-corrected chi connectivity index (χ0v) is 32.8. The van der Waals surface area contributed by atoms with E-state index in [0.717, 1.165) is 40.7 Å².